The van der Waals surface area contributed by atoms with Gasteiger partial charge in [-0.05, 0) is 39.7 Å². The first-order valence-corrected chi connectivity index (χ1v) is 7.14. The van der Waals surface area contributed by atoms with Crippen molar-refractivity contribution in [2.45, 2.75) is 59.5 Å². The summed E-state index contributed by atoms with van der Waals surface area (Å²) in [6, 6.07) is 1.96. The first-order chi connectivity index (χ1) is 8.94. The van der Waals surface area contributed by atoms with Crippen molar-refractivity contribution < 1.29 is 4.79 Å². The van der Waals surface area contributed by atoms with Crippen molar-refractivity contribution in [1.82, 2.24) is 9.88 Å². The molecule has 108 valence electrons. The number of amides is 1. The molecule has 1 aromatic rings. The third-order valence-corrected chi connectivity index (χ3v) is 4.26. The number of aryl methyl sites for hydroxylation is 1. The van der Waals surface area contributed by atoms with Crippen molar-refractivity contribution >= 4 is 5.91 Å². The summed E-state index contributed by atoms with van der Waals surface area (Å²) >= 11 is 0. The van der Waals surface area contributed by atoms with E-state index in [0.29, 0.717) is 6.54 Å². The van der Waals surface area contributed by atoms with Crippen molar-refractivity contribution in [2.24, 2.45) is 5.73 Å². The second-order valence-corrected chi connectivity index (χ2v) is 5.17. The number of nitrogens with zero attached hydrogens (tertiary/aromatic N) is 1. The van der Waals surface area contributed by atoms with Crippen LogP contribution in [0.4, 0.5) is 0 Å². The van der Waals surface area contributed by atoms with Crippen molar-refractivity contribution in [3.8, 4) is 0 Å². The van der Waals surface area contributed by atoms with E-state index < -0.39 is 0 Å². The SMILES string of the molecule is CCn1c(C)cc(C(=O)NC(CC)(CC)CN)c1C. The van der Waals surface area contributed by atoms with Crippen LogP contribution in [0.5, 0.6) is 0 Å². The summed E-state index contributed by atoms with van der Waals surface area (Å²) < 4.78 is 2.15. The van der Waals surface area contributed by atoms with Crippen LogP contribution < -0.4 is 11.1 Å². The molecule has 3 N–H and O–H groups in total. The molecular formula is C15H27N3O. The van der Waals surface area contributed by atoms with Crippen LogP contribution in [0.1, 0.15) is 55.4 Å². The molecule has 0 aromatic carbocycles. The third-order valence-electron chi connectivity index (χ3n) is 4.26. The van der Waals surface area contributed by atoms with E-state index in [0.717, 1.165) is 36.3 Å². The largest absolute Gasteiger partial charge is 0.349 e. The molecule has 0 spiro atoms. The minimum absolute atomic E-state index is 0.0121. The van der Waals surface area contributed by atoms with E-state index >= 15 is 0 Å². The zero-order valence-electron chi connectivity index (χ0n) is 12.8. The Labute approximate surface area is 116 Å². The summed E-state index contributed by atoms with van der Waals surface area (Å²) in [5.41, 5.74) is 8.46. The van der Waals surface area contributed by atoms with Crippen LogP contribution in [0.2, 0.25) is 0 Å². The molecule has 1 rings (SSSR count). The number of nitrogens with one attached hydrogen (secondary N) is 1. The Kier molecular flexibility index (Phi) is 5.18. The lowest BCUT2D eigenvalue weighted by atomic mass is 9.92. The standard InChI is InChI=1S/C15H27N3O/c1-6-15(7-2,10-16)17-14(19)13-9-11(4)18(8-3)12(13)5/h9H,6-8,10,16H2,1-5H3,(H,17,19). The fourth-order valence-electron chi connectivity index (χ4n) is 2.59. The number of hydrogen-bond donors (Lipinski definition) is 2. The van der Waals surface area contributed by atoms with Gasteiger partial charge in [-0.25, -0.2) is 0 Å². The van der Waals surface area contributed by atoms with Gasteiger partial charge in [0.1, 0.15) is 0 Å². The van der Waals surface area contributed by atoms with Gasteiger partial charge in [-0.2, -0.15) is 0 Å². The van der Waals surface area contributed by atoms with Crippen molar-refractivity contribution in [3.63, 3.8) is 0 Å². The number of hydrogen-bond acceptors (Lipinski definition) is 2. The maximum absolute atomic E-state index is 12.5. The number of nitrogens with two attached hydrogens (primary N) is 1. The Balaban J connectivity index is 3.02. The van der Waals surface area contributed by atoms with Crippen LogP contribution in [0.15, 0.2) is 6.07 Å². The molecule has 0 aliphatic heterocycles. The van der Waals surface area contributed by atoms with Gasteiger partial charge in [0, 0.05) is 24.5 Å². The Bertz CT molecular complexity index is 436. The molecule has 0 aliphatic rings. The molecule has 0 radical (unpaired) electrons. The van der Waals surface area contributed by atoms with Gasteiger partial charge in [-0.3, -0.25) is 4.79 Å². The van der Waals surface area contributed by atoms with E-state index in [-0.39, 0.29) is 11.4 Å². The van der Waals surface area contributed by atoms with E-state index in [4.69, 9.17) is 5.73 Å². The highest BCUT2D eigenvalue weighted by Gasteiger charge is 2.28. The zero-order chi connectivity index (χ0) is 14.6. The normalized spacial score (nSPS) is 11.7. The smallest absolute Gasteiger partial charge is 0.253 e. The van der Waals surface area contributed by atoms with Crippen molar-refractivity contribution in [3.05, 3.63) is 23.0 Å². The molecule has 19 heavy (non-hydrogen) atoms. The number of carbonyl (C=O) groups excluding carboxylic acids is 1. The molecule has 0 saturated carbocycles. The average Bonchev–Trinajstić information content (AvgIpc) is 2.71. The van der Waals surface area contributed by atoms with Crippen LogP contribution in [-0.2, 0) is 6.54 Å². The van der Waals surface area contributed by atoms with Gasteiger partial charge in [-0.15, -0.1) is 0 Å². The Morgan fingerprint density at radius 3 is 2.26 bits per heavy atom. The lowest BCUT2D eigenvalue weighted by Gasteiger charge is -2.31. The second kappa shape index (κ2) is 6.24. The second-order valence-electron chi connectivity index (χ2n) is 5.17. The van der Waals surface area contributed by atoms with Gasteiger partial charge in [0.2, 0.25) is 0 Å². The highest BCUT2D eigenvalue weighted by atomic mass is 16.1. The number of rotatable bonds is 6. The monoisotopic (exact) mass is 265 g/mol. The summed E-state index contributed by atoms with van der Waals surface area (Å²) in [6.45, 7) is 11.6. The maximum atomic E-state index is 12.5. The highest BCUT2D eigenvalue weighted by Crippen LogP contribution is 2.18. The van der Waals surface area contributed by atoms with Crippen molar-refractivity contribution in [2.75, 3.05) is 6.54 Å². The van der Waals surface area contributed by atoms with E-state index in [2.05, 4.69) is 30.7 Å². The van der Waals surface area contributed by atoms with Gasteiger partial charge in [0.25, 0.3) is 5.91 Å². The molecule has 0 aliphatic carbocycles. The molecule has 0 fully saturated rings. The Morgan fingerprint density at radius 2 is 1.89 bits per heavy atom. The highest BCUT2D eigenvalue weighted by molar-refractivity contribution is 5.96. The van der Waals surface area contributed by atoms with Crippen LogP contribution >= 0.6 is 0 Å². The van der Waals surface area contributed by atoms with E-state index in [1.807, 2.05) is 19.9 Å². The average molecular weight is 265 g/mol. The minimum atomic E-state index is -0.286. The Morgan fingerprint density at radius 1 is 1.32 bits per heavy atom. The number of aromatic nitrogens is 1. The molecule has 1 aromatic heterocycles. The third kappa shape index (κ3) is 3.00. The van der Waals surface area contributed by atoms with Crippen molar-refractivity contribution in [1.29, 1.82) is 0 Å². The molecule has 1 heterocycles. The van der Waals surface area contributed by atoms with E-state index in [1.165, 1.54) is 0 Å². The summed E-state index contributed by atoms with van der Waals surface area (Å²) in [5, 5.41) is 3.12. The zero-order valence-corrected chi connectivity index (χ0v) is 12.8. The van der Waals surface area contributed by atoms with E-state index in [1.54, 1.807) is 0 Å². The molecule has 0 atom stereocenters. The van der Waals surface area contributed by atoms with Crippen LogP contribution in [0, 0.1) is 13.8 Å². The summed E-state index contributed by atoms with van der Waals surface area (Å²) in [4.78, 5) is 12.5. The summed E-state index contributed by atoms with van der Waals surface area (Å²) in [5.74, 6) is -0.0121. The lowest BCUT2D eigenvalue weighted by Crippen LogP contribution is -2.52. The lowest BCUT2D eigenvalue weighted by molar-refractivity contribution is 0.0894. The summed E-state index contributed by atoms with van der Waals surface area (Å²) in [7, 11) is 0. The van der Waals surface area contributed by atoms with Crippen LogP contribution in [0.3, 0.4) is 0 Å². The first-order valence-electron chi connectivity index (χ1n) is 7.14. The maximum Gasteiger partial charge on any atom is 0.253 e. The minimum Gasteiger partial charge on any atom is -0.349 e. The molecule has 4 nitrogen and oxygen atoms in total. The fourth-order valence-corrected chi connectivity index (χ4v) is 2.59. The fraction of sp³-hybridized carbons (Fsp3) is 0.667. The van der Waals surface area contributed by atoms with Gasteiger partial charge in [0.05, 0.1) is 11.1 Å². The first kappa shape index (κ1) is 15.8. The van der Waals surface area contributed by atoms with Crippen LogP contribution in [0.25, 0.3) is 0 Å². The molecule has 0 bridgehead atoms. The predicted molar refractivity (Wildman–Crippen MR) is 79.4 cm³/mol. The number of carbonyl (C=O) groups is 1. The molecule has 0 unspecified atom stereocenters. The van der Waals surface area contributed by atoms with Gasteiger partial charge >= 0.3 is 0 Å². The van der Waals surface area contributed by atoms with Crippen LogP contribution in [-0.4, -0.2) is 22.6 Å². The molecule has 4 heteroatoms. The Hall–Kier alpha value is -1.29. The van der Waals surface area contributed by atoms with E-state index in [9.17, 15) is 4.79 Å². The molecule has 0 saturated heterocycles. The van der Waals surface area contributed by atoms with Gasteiger partial charge < -0.3 is 15.6 Å². The topological polar surface area (TPSA) is 60.0 Å². The predicted octanol–water partition coefficient (Wildman–Crippen LogP) is 2.37. The molecule has 1 amide bonds. The molecular weight excluding hydrogens is 238 g/mol. The summed E-state index contributed by atoms with van der Waals surface area (Å²) in [6.07, 6.45) is 1.69. The van der Waals surface area contributed by atoms with Gasteiger partial charge in [-0.1, -0.05) is 13.8 Å². The van der Waals surface area contributed by atoms with Gasteiger partial charge in [0.15, 0.2) is 0 Å². The quantitative estimate of drug-likeness (QED) is 0.829.